The normalized spacial score (nSPS) is 17.9. The van der Waals surface area contributed by atoms with Gasteiger partial charge in [0.1, 0.15) is 10.8 Å². The maximum absolute atomic E-state index is 11.8. The number of hydrogen-bond donors (Lipinski definition) is 1. The second kappa shape index (κ2) is 10.4. The highest BCUT2D eigenvalue weighted by atomic mass is 32.2. The Morgan fingerprint density at radius 1 is 1.09 bits per heavy atom. The number of carbonyl (C=O) groups is 1. The fraction of sp³-hybridized carbons (Fsp3) is 0.308. The van der Waals surface area contributed by atoms with Crippen LogP contribution in [0.4, 0.5) is 0 Å². The number of ether oxygens (including phenoxy) is 1. The summed E-state index contributed by atoms with van der Waals surface area (Å²) in [5, 5.41) is 23.0. The van der Waals surface area contributed by atoms with Crippen molar-refractivity contribution < 1.29 is 14.6 Å². The first kappa shape index (κ1) is 23.2. The van der Waals surface area contributed by atoms with Crippen molar-refractivity contribution in [1.29, 1.82) is 0 Å². The number of benzene rings is 2. The molecule has 1 fully saturated rings. The van der Waals surface area contributed by atoms with Crippen LogP contribution in [-0.2, 0) is 6.54 Å². The van der Waals surface area contributed by atoms with Crippen LogP contribution < -0.4 is 4.74 Å². The average molecular weight is 490 g/mol. The number of hydrogen-bond acceptors (Lipinski definition) is 6. The van der Waals surface area contributed by atoms with Crippen LogP contribution in [0.25, 0.3) is 5.69 Å². The lowest BCUT2D eigenvalue weighted by Gasteiger charge is -2.28. The Labute approximate surface area is 207 Å². The molecule has 9 heteroatoms. The van der Waals surface area contributed by atoms with E-state index in [1.165, 1.54) is 5.56 Å². The third kappa shape index (κ3) is 5.24. The van der Waals surface area contributed by atoms with Crippen molar-refractivity contribution in [3.8, 4) is 11.4 Å². The molecule has 0 aliphatic heterocycles. The molecule has 0 amide bonds. The van der Waals surface area contributed by atoms with Gasteiger partial charge in [0.2, 0.25) is 5.69 Å². The molecule has 0 spiro atoms. The van der Waals surface area contributed by atoms with E-state index in [1.54, 1.807) is 29.8 Å². The minimum atomic E-state index is -1.04. The molecule has 0 unspecified atom stereocenters. The summed E-state index contributed by atoms with van der Waals surface area (Å²) < 4.78 is 8.79. The van der Waals surface area contributed by atoms with Gasteiger partial charge in [0.25, 0.3) is 0 Å². The number of carboxylic acids is 1. The van der Waals surface area contributed by atoms with Gasteiger partial charge in [-0.15, -0.1) is 16.9 Å². The number of nitrogens with zero attached hydrogens (tertiary/aromatic N) is 5. The third-order valence-corrected chi connectivity index (χ3v) is 7.90. The van der Waals surface area contributed by atoms with Gasteiger partial charge in [-0.1, -0.05) is 29.5 Å². The molecule has 0 atom stereocenters. The molecular weight excluding hydrogens is 462 g/mol. The van der Waals surface area contributed by atoms with E-state index in [1.807, 2.05) is 41.2 Å². The summed E-state index contributed by atoms with van der Waals surface area (Å²) in [5.41, 5.74) is 3.44. The van der Waals surface area contributed by atoms with E-state index >= 15 is 0 Å². The van der Waals surface area contributed by atoms with Gasteiger partial charge in [-0.05, 0) is 73.1 Å². The van der Waals surface area contributed by atoms with Crippen LogP contribution in [0, 0.1) is 0 Å². The highest BCUT2D eigenvalue weighted by Crippen LogP contribution is 2.40. The molecule has 2 aromatic carbocycles. The second-order valence-corrected chi connectivity index (χ2v) is 9.98. The minimum Gasteiger partial charge on any atom is -0.497 e. The topological polar surface area (TPSA) is 95.1 Å². The first-order valence-electron chi connectivity index (χ1n) is 11.7. The summed E-state index contributed by atoms with van der Waals surface area (Å²) in [5.74, 6) is 0.250. The molecule has 0 bridgehead atoms. The highest BCUT2D eigenvalue weighted by molar-refractivity contribution is 7.99. The molecule has 2 aromatic heterocycles. The molecule has 35 heavy (non-hydrogen) atoms. The molecule has 4 aromatic rings. The van der Waals surface area contributed by atoms with Crippen LogP contribution in [-0.4, -0.2) is 48.2 Å². The highest BCUT2D eigenvalue weighted by Gasteiger charge is 2.27. The van der Waals surface area contributed by atoms with Crippen molar-refractivity contribution in [3.05, 3.63) is 83.8 Å². The standard InChI is InChI=1S/C26H27N5O3S/c1-34-22-11-3-18(4-12-22)17-31-25(24(26(32)33)28-29-31)35-23-13-7-20(8-14-23)19-5-9-21(10-6-19)30-16-2-15-27-30/h2-6,9-12,15-16,20,23H,7-8,13-14,17H2,1H3,(H,32,33). The van der Waals surface area contributed by atoms with Crippen molar-refractivity contribution in [1.82, 2.24) is 24.8 Å². The predicted octanol–water partition coefficient (Wildman–Crippen LogP) is 5.04. The van der Waals surface area contributed by atoms with Crippen LogP contribution in [0.1, 0.15) is 53.2 Å². The molecule has 5 rings (SSSR count). The van der Waals surface area contributed by atoms with Crippen molar-refractivity contribution in [2.45, 2.75) is 48.4 Å². The van der Waals surface area contributed by atoms with Crippen molar-refractivity contribution in [2.75, 3.05) is 7.11 Å². The summed E-state index contributed by atoms with van der Waals surface area (Å²) in [4.78, 5) is 11.8. The number of aromatic carboxylic acids is 1. The van der Waals surface area contributed by atoms with Crippen LogP contribution in [0.15, 0.2) is 72.0 Å². The Hall–Kier alpha value is -3.59. The van der Waals surface area contributed by atoms with Crippen LogP contribution >= 0.6 is 11.8 Å². The predicted molar refractivity (Wildman–Crippen MR) is 133 cm³/mol. The van der Waals surface area contributed by atoms with E-state index in [0.29, 0.717) is 22.7 Å². The average Bonchev–Trinajstić information content (AvgIpc) is 3.56. The van der Waals surface area contributed by atoms with E-state index in [9.17, 15) is 9.90 Å². The third-order valence-electron chi connectivity index (χ3n) is 6.47. The quantitative estimate of drug-likeness (QED) is 0.371. The van der Waals surface area contributed by atoms with Gasteiger partial charge >= 0.3 is 5.97 Å². The SMILES string of the molecule is COc1ccc(Cn2nnc(C(=O)O)c2SC2CCC(c3ccc(-n4cccn4)cc3)CC2)cc1. The lowest BCUT2D eigenvalue weighted by atomic mass is 9.84. The van der Waals surface area contributed by atoms with Crippen molar-refractivity contribution in [3.63, 3.8) is 0 Å². The minimum absolute atomic E-state index is 0.0276. The van der Waals surface area contributed by atoms with Crippen LogP contribution in [0.2, 0.25) is 0 Å². The van der Waals surface area contributed by atoms with Gasteiger partial charge < -0.3 is 9.84 Å². The fourth-order valence-corrected chi connectivity index (χ4v) is 5.84. The van der Waals surface area contributed by atoms with Gasteiger partial charge in [0.05, 0.1) is 19.3 Å². The van der Waals surface area contributed by atoms with E-state index in [4.69, 9.17) is 4.74 Å². The summed E-state index contributed by atoms with van der Waals surface area (Å²) in [6, 6.07) is 18.2. The largest absolute Gasteiger partial charge is 0.497 e. The maximum atomic E-state index is 11.8. The van der Waals surface area contributed by atoms with Gasteiger partial charge in [-0.2, -0.15) is 5.10 Å². The molecular formula is C26H27N5O3S. The van der Waals surface area contributed by atoms with E-state index in [2.05, 4.69) is 39.7 Å². The number of thioether (sulfide) groups is 1. The van der Waals surface area contributed by atoms with E-state index in [-0.39, 0.29) is 5.69 Å². The Morgan fingerprint density at radius 3 is 2.46 bits per heavy atom. The monoisotopic (exact) mass is 489 g/mol. The van der Waals surface area contributed by atoms with Crippen LogP contribution in [0.3, 0.4) is 0 Å². The Morgan fingerprint density at radius 2 is 1.83 bits per heavy atom. The first-order chi connectivity index (χ1) is 17.1. The molecule has 1 N–H and O–H groups in total. The molecule has 8 nitrogen and oxygen atoms in total. The van der Waals surface area contributed by atoms with E-state index < -0.39 is 5.97 Å². The van der Waals surface area contributed by atoms with Gasteiger partial charge in [-0.25, -0.2) is 14.2 Å². The summed E-state index contributed by atoms with van der Waals surface area (Å²) in [6.45, 7) is 0.463. The molecule has 1 aliphatic carbocycles. The van der Waals surface area contributed by atoms with Crippen molar-refractivity contribution in [2.24, 2.45) is 0 Å². The fourth-order valence-electron chi connectivity index (χ4n) is 4.56. The lowest BCUT2D eigenvalue weighted by Crippen LogP contribution is -2.17. The molecule has 180 valence electrons. The van der Waals surface area contributed by atoms with E-state index in [0.717, 1.165) is 42.7 Å². The maximum Gasteiger partial charge on any atom is 0.359 e. The molecule has 1 saturated carbocycles. The van der Waals surface area contributed by atoms with Gasteiger partial charge in [0, 0.05) is 17.6 Å². The van der Waals surface area contributed by atoms with Gasteiger partial charge in [0.15, 0.2) is 0 Å². The zero-order valence-corrected chi connectivity index (χ0v) is 20.3. The van der Waals surface area contributed by atoms with Gasteiger partial charge in [-0.3, -0.25) is 0 Å². The zero-order valence-electron chi connectivity index (χ0n) is 19.4. The second-order valence-electron chi connectivity index (χ2n) is 8.69. The number of carboxylic acid groups (broad SMARTS) is 1. The Balaban J connectivity index is 1.24. The summed E-state index contributed by atoms with van der Waals surface area (Å²) in [7, 11) is 1.63. The van der Waals surface area contributed by atoms with Crippen molar-refractivity contribution >= 4 is 17.7 Å². The number of aromatic nitrogens is 5. The molecule has 1 aliphatic rings. The molecule has 0 radical (unpaired) electrons. The zero-order chi connectivity index (χ0) is 24.2. The van der Waals surface area contributed by atoms with Crippen LogP contribution in [0.5, 0.6) is 5.75 Å². The molecule has 0 saturated heterocycles. The Kier molecular flexibility index (Phi) is 6.85. The summed E-state index contributed by atoms with van der Waals surface area (Å²) in [6.07, 6.45) is 7.90. The number of rotatable bonds is 8. The lowest BCUT2D eigenvalue weighted by molar-refractivity contribution is 0.0686. The summed E-state index contributed by atoms with van der Waals surface area (Å²) >= 11 is 1.60. The molecule has 2 heterocycles. The smallest absolute Gasteiger partial charge is 0.359 e. The first-order valence-corrected chi connectivity index (χ1v) is 12.5. The number of methoxy groups -OCH3 is 1. The Bertz CT molecular complexity index is 1260.